The topological polar surface area (TPSA) is 38.1 Å². The highest BCUT2D eigenvalue weighted by Crippen LogP contribution is 2.26. The molecule has 1 aliphatic rings. The van der Waals surface area contributed by atoms with Gasteiger partial charge in [-0.25, -0.2) is 4.98 Å². The molecule has 1 aliphatic heterocycles. The summed E-state index contributed by atoms with van der Waals surface area (Å²) in [6, 6.07) is 0.577. The number of piperidine rings is 1. The van der Waals surface area contributed by atoms with Crippen LogP contribution in [-0.2, 0) is 12.7 Å². The van der Waals surface area contributed by atoms with E-state index in [1.165, 1.54) is 4.57 Å². The van der Waals surface area contributed by atoms with Crippen LogP contribution < -0.4 is 5.56 Å². The molecule has 1 aromatic heterocycles. The van der Waals surface area contributed by atoms with Gasteiger partial charge in [-0.05, 0) is 37.8 Å². The van der Waals surface area contributed by atoms with Crippen molar-refractivity contribution in [2.45, 2.75) is 39.4 Å². The largest absolute Gasteiger partial charge is 0.433 e. The van der Waals surface area contributed by atoms with Crippen LogP contribution in [0.1, 0.15) is 32.4 Å². The molecule has 0 aromatic carbocycles. The average Bonchev–Trinajstić information content (AvgIpc) is 2.41. The van der Waals surface area contributed by atoms with E-state index in [0.29, 0.717) is 24.4 Å². The van der Waals surface area contributed by atoms with E-state index in [2.05, 4.69) is 23.7 Å². The minimum atomic E-state index is -4.57. The second-order valence-electron chi connectivity index (χ2n) is 6.40. The molecule has 1 fully saturated rings. The predicted octanol–water partition coefficient (Wildman–Crippen LogP) is 2.63. The molecule has 0 atom stereocenters. The van der Waals surface area contributed by atoms with Crippen molar-refractivity contribution in [2.24, 2.45) is 11.8 Å². The van der Waals surface area contributed by atoms with Gasteiger partial charge in [-0.3, -0.25) is 9.36 Å². The van der Waals surface area contributed by atoms with Gasteiger partial charge < -0.3 is 4.90 Å². The third-order valence-corrected chi connectivity index (χ3v) is 3.96. The molecule has 0 spiro atoms. The Hall–Kier alpha value is -1.37. The van der Waals surface area contributed by atoms with E-state index >= 15 is 0 Å². The molecule has 4 nitrogen and oxygen atoms in total. The summed E-state index contributed by atoms with van der Waals surface area (Å²) in [7, 11) is 0. The highest BCUT2D eigenvalue weighted by molar-refractivity contribution is 5.03. The fourth-order valence-corrected chi connectivity index (χ4v) is 2.86. The first-order chi connectivity index (χ1) is 10.3. The Bertz CT molecular complexity index is 546. The maximum atomic E-state index is 12.5. The molecule has 0 unspecified atom stereocenters. The van der Waals surface area contributed by atoms with Gasteiger partial charge in [0.2, 0.25) is 0 Å². The molecule has 0 amide bonds. The summed E-state index contributed by atoms with van der Waals surface area (Å²) in [5.41, 5.74) is -1.76. The summed E-state index contributed by atoms with van der Waals surface area (Å²) in [6.45, 7) is 7.82. The Morgan fingerprint density at radius 2 is 1.95 bits per heavy atom. The van der Waals surface area contributed by atoms with Gasteiger partial charge in [-0.1, -0.05) is 13.8 Å². The zero-order chi connectivity index (χ0) is 16.3. The fraction of sp³-hybridized carbons (Fsp3) is 0.733. The Labute approximate surface area is 128 Å². The Morgan fingerprint density at radius 1 is 1.32 bits per heavy atom. The zero-order valence-corrected chi connectivity index (χ0v) is 12.9. The van der Waals surface area contributed by atoms with Gasteiger partial charge in [0, 0.05) is 19.2 Å². The fourth-order valence-electron chi connectivity index (χ4n) is 2.86. The lowest BCUT2D eigenvalue weighted by Crippen LogP contribution is -2.38. The number of rotatable bonds is 4. The summed E-state index contributed by atoms with van der Waals surface area (Å²) in [5, 5.41) is 0. The summed E-state index contributed by atoms with van der Waals surface area (Å²) in [6.07, 6.45) is -1.63. The van der Waals surface area contributed by atoms with Gasteiger partial charge in [0.25, 0.3) is 5.56 Å². The van der Waals surface area contributed by atoms with Crippen LogP contribution in [0.4, 0.5) is 13.2 Å². The molecule has 0 aliphatic carbocycles. The first-order valence-electron chi connectivity index (χ1n) is 7.61. The summed E-state index contributed by atoms with van der Waals surface area (Å²) < 4.78 is 38.8. The average molecular weight is 317 g/mol. The first-order valence-corrected chi connectivity index (χ1v) is 7.61. The van der Waals surface area contributed by atoms with Crippen LogP contribution in [0, 0.1) is 11.8 Å². The minimum absolute atomic E-state index is 0.319. The SMILES string of the molecule is CC(C)CN1CCC(Cn2cnc(C(F)(F)F)cc2=O)CC1. The van der Waals surface area contributed by atoms with Crippen LogP contribution >= 0.6 is 0 Å². The molecule has 2 heterocycles. The van der Waals surface area contributed by atoms with Crippen molar-refractivity contribution in [3.8, 4) is 0 Å². The smallest absolute Gasteiger partial charge is 0.303 e. The van der Waals surface area contributed by atoms with Gasteiger partial charge in [-0.2, -0.15) is 13.2 Å². The minimum Gasteiger partial charge on any atom is -0.303 e. The number of alkyl halides is 3. The third-order valence-electron chi connectivity index (χ3n) is 3.96. The quantitative estimate of drug-likeness (QED) is 0.857. The molecule has 1 aromatic rings. The summed E-state index contributed by atoms with van der Waals surface area (Å²) in [5.74, 6) is 0.943. The lowest BCUT2D eigenvalue weighted by atomic mass is 9.96. The molecular weight excluding hydrogens is 295 g/mol. The molecule has 0 N–H and O–H groups in total. The van der Waals surface area contributed by atoms with Crippen LogP contribution in [0.5, 0.6) is 0 Å². The van der Waals surface area contributed by atoms with Gasteiger partial charge in [0.15, 0.2) is 5.69 Å². The number of aromatic nitrogens is 2. The van der Waals surface area contributed by atoms with Crippen molar-refractivity contribution in [2.75, 3.05) is 19.6 Å². The molecule has 124 valence electrons. The van der Waals surface area contributed by atoms with Crippen molar-refractivity contribution in [1.82, 2.24) is 14.5 Å². The molecule has 0 saturated carbocycles. The van der Waals surface area contributed by atoms with Gasteiger partial charge in [0.1, 0.15) is 0 Å². The van der Waals surface area contributed by atoms with Crippen LogP contribution in [0.2, 0.25) is 0 Å². The van der Waals surface area contributed by atoms with Gasteiger partial charge >= 0.3 is 6.18 Å². The lowest BCUT2D eigenvalue weighted by Gasteiger charge is -2.33. The molecule has 0 radical (unpaired) electrons. The van der Waals surface area contributed by atoms with Crippen LogP contribution in [0.15, 0.2) is 17.2 Å². The molecule has 7 heteroatoms. The van der Waals surface area contributed by atoms with Crippen molar-refractivity contribution >= 4 is 0 Å². The zero-order valence-electron chi connectivity index (χ0n) is 12.9. The maximum Gasteiger partial charge on any atom is 0.433 e. The standard InChI is InChI=1S/C15H22F3N3O/c1-11(2)8-20-5-3-12(4-6-20)9-21-10-19-13(7-14(21)22)15(16,17)18/h7,10-12H,3-6,8-9H2,1-2H3. The maximum absolute atomic E-state index is 12.5. The normalized spacial score (nSPS) is 18.1. The van der Waals surface area contributed by atoms with Gasteiger partial charge in [-0.15, -0.1) is 0 Å². The van der Waals surface area contributed by atoms with E-state index in [0.717, 1.165) is 38.8 Å². The van der Waals surface area contributed by atoms with E-state index in [-0.39, 0.29) is 0 Å². The van der Waals surface area contributed by atoms with Gasteiger partial charge in [0.05, 0.1) is 6.33 Å². The van der Waals surface area contributed by atoms with Crippen molar-refractivity contribution in [3.63, 3.8) is 0 Å². The Kier molecular flexibility index (Phi) is 5.26. The summed E-state index contributed by atoms with van der Waals surface area (Å²) >= 11 is 0. The van der Waals surface area contributed by atoms with Crippen molar-refractivity contribution in [3.05, 3.63) is 28.4 Å². The van der Waals surface area contributed by atoms with E-state index in [1.807, 2.05) is 0 Å². The number of nitrogens with zero attached hydrogens (tertiary/aromatic N) is 3. The first kappa shape index (κ1) is 17.0. The van der Waals surface area contributed by atoms with Crippen LogP contribution in [0.25, 0.3) is 0 Å². The molecule has 0 bridgehead atoms. The number of halogens is 3. The van der Waals surface area contributed by atoms with E-state index < -0.39 is 17.4 Å². The van der Waals surface area contributed by atoms with Crippen LogP contribution in [-0.4, -0.2) is 34.1 Å². The van der Waals surface area contributed by atoms with E-state index in [4.69, 9.17) is 0 Å². The predicted molar refractivity (Wildman–Crippen MR) is 77.5 cm³/mol. The molecule has 1 saturated heterocycles. The summed E-state index contributed by atoms with van der Waals surface area (Å²) in [4.78, 5) is 17.5. The highest BCUT2D eigenvalue weighted by Gasteiger charge is 2.33. The highest BCUT2D eigenvalue weighted by atomic mass is 19.4. The van der Waals surface area contributed by atoms with E-state index in [9.17, 15) is 18.0 Å². The van der Waals surface area contributed by atoms with Crippen LogP contribution in [0.3, 0.4) is 0 Å². The second kappa shape index (κ2) is 6.81. The Morgan fingerprint density at radius 3 is 2.45 bits per heavy atom. The third kappa shape index (κ3) is 4.56. The monoisotopic (exact) mass is 317 g/mol. The Balaban J connectivity index is 1.94. The molecular formula is C15H22F3N3O. The number of hydrogen-bond donors (Lipinski definition) is 0. The van der Waals surface area contributed by atoms with Crippen molar-refractivity contribution in [1.29, 1.82) is 0 Å². The second-order valence-corrected chi connectivity index (χ2v) is 6.40. The number of hydrogen-bond acceptors (Lipinski definition) is 3. The van der Waals surface area contributed by atoms with E-state index in [1.54, 1.807) is 0 Å². The molecule has 2 rings (SSSR count). The molecule has 22 heavy (non-hydrogen) atoms. The number of likely N-dealkylation sites (tertiary alicyclic amines) is 1. The van der Waals surface area contributed by atoms with Crippen molar-refractivity contribution < 1.29 is 13.2 Å². The lowest BCUT2D eigenvalue weighted by molar-refractivity contribution is -0.141.